The second-order valence-corrected chi connectivity index (χ2v) is 2.52. The molecule has 70 valence electrons. The molecule has 0 atom stereocenters. The van der Waals surface area contributed by atoms with Crippen molar-refractivity contribution in [1.29, 1.82) is 0 Å². The van der Waals surface area contributed by atoms with E-state index in [4.69, 9.17) is 0 Å². The number of amides is 2. The Kier molecular flexibility index (Phi) is 5.03. The fraction of sp³-hybridized carbons (Fsp3) is 0.714. The predicted octanol–water partition coefficient (Wildman–Crippen LogP) is -1.59. The fourth-order valence-electron chi connectivity index (χ4n) is 0.704. The van der Waals surface area contributed by atoms with E-state index in [-0.39, 0.29) is 24.9 Å². The number of hydrogen-bond donors (Lipinski definition) is 2. The van der Waals surface area contributed by atoms with Crippen molar-refractivity contribution in [3.63, 3.8) is 0 Å². The molecule has 0 aromatic heterocycles. The zero-order chi connectivity index (χ0) is 9.56. The molecule has 0 rings (SSSR count). The summed E-state index contributed by atoms with van der Waals surface area (Å²) < 4.78 is 0. The molecule has 0 heterocycles. The lowest BCUT2D eigenvalue weighted by Crippen LogP contribution is -2.39. The van der Waals surface area contributed by atoms with Gasteiger partial charge in [0, 0.05) is 14.1 Å². The van der Waals surface area contributed by atoms with Gasteiger partial charge in [-0.15, -0.1) is 0 Å². The predicted molar refractivity (Wildman–Crippen MR) is 45.6 cm³/mol. The third kappa shape index (κ3) is 4.68. The van der Waals surface area contributed by atoms with Crippen molar-refractivity contribution >= 4 is 11.8 Å². The Morgan fingerprint density at radius 2 is 1.42 bits per heavy atom. The molecular weight excluding hydrogens is 158 g/mol. The number of nitrogens with one attached hydrogen (secondary N) is 2. The molecule has 5 heteroatoms. The summed E-state index contributed by atoms with van der Waals surface area (Å²) in [5.41, 5.74) is 0. The quantitative estimate of drug-likeness (QED) is 0.539. The Labute approximate surface area is 72.1 Å². The van der Waals surface area contributed by atoms with E-state index in [1.165, 1.54) is 0 Å². The molecule has 0 saturated carbocycles. The van der Waals surface area contributed by atoms with Crippen molar-refractivity contribution in [2.45, 2.75) is 0 Å². The SMILES string of the molecule is CNC(=O)CN(C)CC(=O)NC. The van der Waals surface area contributed by atoms with Gasteiger partial charge in [-0.25, -0.2) is 0 Å². The first-order valence-corrected chi connectivity index (χ1v) is 3.70. The van der Waals surface area contributed by atoms with Crippen molar-refractivity contribution < 1.29 is 9.59 Å². The minimum atomic E-state index is -0.0959. The van der Waals surface area contributed by atoms with E-state index in [1.807, 2.05) is 0 Å². The van der Waals surface area contributed by atoms with Crippen LogP contribution in [-0.4, -0.2) is 50.9 Å². The topological polar surface area (TPSA) is 61.4 Å². The summed E-state index contributed by atoms with van der Waals surface area (Å²) in [6.07, 6.45) is 0. The molecule has 0 radical (unpaired) electrons. The second-order valence-electron chi connectivity index (χ2n) is 2.52. The standard InChI is InChI=1S/C7H15N3O2/c1-8-6(11)4-10(3)5-7(12)9-2/h4-5H2,1-3H3,(H,8,11)(H,9,12). The van der Waals surface area contributed by atoms with Gasteiger partial charge < -0.3 is 10.6 Å². The zero-order valence-corrected chi connectivity index (χ0v) is 7.68. The molecule has 0 aliphatic carbocycles. The molecule has 0 aromatic rings. The number of carbonyl (C=O) groups excluding carboxylic acids is 2. The van der Waals surface area contributed by atoms with Crippen LogP contribution in [0.4, 0.5) is 0 Å². The number of carbonyl (C=O) groups is 2. The second kappa shape index (κ2) is 5.54. The average Bonchev–Trinajstić information content (AvgIpc) is 2.03. The summed E-state index contributed by atoms with van der Waals surface area (Å²) in [6, 6.07) is 0. The third-order valence-corrected chi connectivity index (χ3v) is 1.38. The van der Waals surface area contributed by atoms with Crippen LogP contribution >= 0.6 is 0 Å². The fourth-order valence-corrected chi connectivity index (χ4v) is 0.704. The first-order valence-electron chi connectivity index (χ1n) is 3.70. The summed E-state index contributed by atoms with van der Waals surface area (Å²) in [4.78, 5) is 23.3. The molecule has 5 nitrogen and oxygen atoms in total. The van der Waals surface area contributed by atoms with Crippen molar-refractivity contribution in [3.8, 4) is 0 Å². The lowest BCUT2D eigenvalue weighted by atomic mass is 10.4. The van der Waals surface area contributed by atoms with Crippen LogP contribution in [-0.2, 0) is 9.59 Å². The summed E-state index contributed by atoms with van der Waals surface area (Å²) >= 11 is 0. The number of rotatable bonds is 4. The maximum absolute atomic E-state index is 10.8. The smallest absolute Gasteiger partial charge is 0.233 e. The van der Waals surface area contributed by atoms with Crippen LogP contribution in [0.5, 0.6) is 0 Å². The van der Waals surface area contributed by atoms with E-state index >= 15 is 0 Å². The normalized spacial score (nSPS) is 9.67. The van der Waals surface area contributed by atoms with Gasteiger partial charge in [-0.3, -0.25) is 14.5 Å². The van der Waals surface area contributed by atoms with Gasteiger partial charge in [-0.05, 0) is 7.05 Å². The highest BCUT2D eigenvalue weighted by molar-refractivity contribution is 5.80. The summed E-state index contributed by atoms with van der Waals surface area (Å²) in [5.74, 6) is -0.192. The van der Waals surface area contributed by atoms with Crippen LogP contribution in [0.1, 0.15) is 0 Å². The van der Waals surface area contributed by atoms with Gasteiger partial charge in [-0.1, -0.05) is 0 Å². The number of hydrogen-bond acceptors (Lipinski definition) is 3. The van der Waals surface area contributed by atoms with Gasteiger partial charge >= 0.3 is 0 Å². The van der Waals surface area contributed by atoms with Crippen molar-refractivity contribution in [2.75, 3.05) is 34.2 Å². The van der Waals surface area contributed by atoms with Crippen molar-refractivity contribution in [3.05, 3.63) is 0 Å². The van der Waals surface area contributed by atoms with Crippen LogP contribution in [0.25, 0.3) is 0 Å². The van der Waals surface area contributed by atoms with E-state index in [0.717, 1.165) is 0 Å². The monoisotopic (exact) mass is 173 g/mol. The zero-order valence-electron chi connectivity index (χ0n) is 7.68. The molecule has 0 fully saturated rings. The van der Waals surface area contributed by atoms with E-state index in [0.29, 0.717) is 0 Å². The van der Waals surface area contributed by atoms with Gasteiger partial charge in [0.2, 0.25) is 11.8 Å². The summed E-state index contributed by atoms with van der Waals surface area (Å²) in [7, 11) is 4.84. The Hall–Kier alpha value is -1.10. The summed E-state index contributed by atoms with van der Waals surface area (Å²) in [5, 5.41) is 4.95. The Bertz CT molecular complexity index is 152. The molecule has 0 aliphatic rings. The molecule has 2 amide bonds. The van der Waals surface area contributed by atoms with Crippen LogP contribution in [0, 0.1) is 0 Å². The molecule has 2 N–H and O–H groups in total. The molecule has 12 heavy (non-hydrogen) atoms. The minimum Gasteiger partial charge on any atom is -0.358 e. The molecule has 0 aromatic carbocycles. The van der Waals surface area contributed by atoms with Gasteiger partial charge in [0.15, 0.2) is 0 Å². The van der Waals surface area contributed by atoms with E-state index in [9.17, 15) is 9.59 Å². The lowest BCUT2D eigenvalue weighted by Gasteiger charge is -2.13. The van der Waals surface area contributed by atoms with Crippen LogP contribution < -0.4 is 10.6 Å². The van der Waals surface area contributed by atoms with Gasteiger partial charge in [0.25, 0.3) is 0 Å². The molecular formula is C7H15N3O2. The Morgan fingerprint density at radius 1 is 1.08 bits per heavy atom. The highest BCUT2D eigenvalue weighted by atomic mass is 16.2. The molecule has 0 unspecified atom stereocenters. The first kappa shape index (κ1) is 10.9. The van der Waals surface area contributed by atoms with Crippen LogP contribution in [0.2, 0.25) is 0 Å². The molecule has 0 aliphatic heterocycles. The van der Waals surface area contributed by atoms with E-state index < -0.39 is 0 Å². The van der Waals surface area contributed by atoms with E-state index in [2.05, 4.69) is 10.6 Å². The highest BCUT2D eigenvalue weighted by Gasteiger charge is 2.07. The largest absolute Gasteiger partial charge is 0.358 e. The highest BCUT2D eigenvalue weighted by Crippen LogP contribution is 1.80. The number of likely N-dealkylation sites (N-methyl/N-ethyl adjacent to an activating group) is 3. The molecule has 0 spiro atoms. The van der Waals surface area contributed by atoms with Crippen LogP contribution in [0.15, 0.2) is 0 Å². The Balaban J connectivity index is 3.66. The average molecular weight is 173 g/mol. The maximum Gasteiger partial charge on any atom is 0.233 e. The van der Waals surface area contributed by atoms with Crippen molar-refractivity contribution in [1.82, 2.24) is 15.5 Å². The summed E-state index contributed by atoms with van der Waals surface area (Å²) in [6.45, 7) is 0.480. The minimum absolute atomic E-state index is 0.0959. The third-order valence-electron chi connectivity index (χ3n) is 1.38. The molecule has 0 saturated heterocycles. The first-order chi connectivity index (χ1) is 5.60. The van der Waals surface area contributed by atoms with Gasteiger partial charge in [-0.2, -0.15) is 0 Å². The van der Waals surface area contributed by atoms with Crippen molar-refractivity contribution in [2.24, 2.45) is 0 Å². The maximum atomic E-state index is 10.8. The van der Waals surface area contributed by atoms with Crippen LogP contribution in [0.3, 0.4) is 0 Å². The molecule has 0 bridgehead atoms. The van der Waals surface area contributed by atoms with E-state index in [1.54, 1.807) is 26.0 Å². The number of nitrogens with zero attached hydrogens (tertiary/aromatic N) is 1. The Morgan fingerprint density at radius 3 is 1.67 bits per heavy atom. The lowest BCUT2D eigenvalue weighted by molar-refractivity contribution is -0.124. The van der Waals surface area contributed by atoms with Gasteiger partial charge in [0.05, 0.1) is 13.1 Å². The van der Waals surface area contributed by atoms with Gasteiger partial charge in [0.1, 0.15) is 0 Å².